The molecule has 0 saturated heterocycles. The number of pyridine rings is 2. The Kier molecular flexibility index (Phi) is 6.68. The summed E-state index contributed by atoms with van der Waals surface area (Å²) in [6.07, 6.45) is 7.09. The Balaban J connectivity index is 0.000000206. The van der Waals surface area contributed by atoms with Gasteiger partial charge in [-0.2, -0.15) is 0 Å². The van der Waals surface area contributed by atoms with Gasteiger partial charge in [0.1, 0.15) is 11.0 Å². The molecule has 0 radical (unpaired) electrons. The largest absolute Gasteiger partial charge is 0.361 e. The molecular weight excluding hydrogens is 478 g/mol. The molecule has 0 amide bonds. The topological polar surface area (TPSA) is 37.8 Å². The minimum atomic E-state index is 0.0784. The molecule has 3 nitrogen and oxygen atoms in total. The first kappa shape index (κ1) is 19.3. The lowest BCUT2D eigenvalue weighted by Gasteiger charge is -2.43. The van der Waals surface area contributed by atoms with Crippen LogP contribution in [0.2, 0.25) is 5.15 Å². The van der Waals surface area contributed by atoms with Gasteiger partial charge >= 0.3 is 0 Å². The van der Waals surface area contributed by atoms with Crippen molar-refractivity contribution < 1.29 is 0 Å². The number of halogens is 3. The number of aromatic nitrogens is 2. The van der Waals surface area contributed by atoms with Crippen LogP contribution in [0.1, 0.15) is 24.8 Å². The number of nitrogens with one attached hydrogen (secondary N) is 1. The van der Waals surface area contributed by atoms with Crippen LogP contribution in [0.5, 0.6) is 0 Å². The highest BCUT2D eigenvalue weighted by molar-refractivity contribution is 9.10. The van der Waals surface area contributed by atoms with E-state index in [9.17, 15) is 0 Å². The highest BCUT2D eigenvalue weighted by Gasteiger charge is 2.38. The zero-order valence-corrected chi connectivity index (χ0v) is 17.9. The van der Waals surface area contributed by atoms with Crippen molar-refractivity contribution in [1.82, 2.24) is 9.97 Å². The van der Waals surface area contributed by atoms with E-state index in [4.69, 9.17) is 11.6 Å². The second-order valence-electron chi connectivity index (χ2n) is 6.08. The zero-order valence-electron chi connectivity index (χ0n) is 14.0. The Morgan fingerprint density at radius 1 is 0.885 bits per heavy atom. The van der Waals surface area contributed by atoms with E-state index in [0.29, 0.717) is 5.15 Å². The summed E-state index contributed by atoms with van der Waals surface area (Å²) in [7, 11) is 0. The summed E-state index contributed by atoms with van der Waals surface area (Å²) in [4.78, 5) is 8.17. The van der Waals surface area contributed by atoms with Gasteiger partial charge in [-0.25, -0.2) is 9.97 Å². The predicted molar refractivity (Wildman–Crippen MR) is 114 cm³/mol. The van der Waals surface area contributed by atoms with Crippen molar-refractivity contribution in [3.63, 3.8) is 0 Å². The first-order valence-corrected chi connectivity index (χ1v) is 10.3. The monoisotopic (exact) mass is 493 g/mol. The minimum absolute atomic E-state index is 0.0784. The highest BCUT2D eigenvalue weighted by Crippen LogP contribution is 2.43. The first-order valence-electron chi connectivity index (χ1n) is 8.30. The van der Waals surface area contributed by atoms with E-state index in [1.807, 2.05) is 24.4 Å². The van der Waals surface area contributed by atoms with E-state index in [1.165, 1.54) is 24.8 Å². The lowest BCUT2D eigenvalue weighted by Crippen LogP contribution is -2.42. The normalized spacial score (nSPS) is 14.6. The smallest absolute Gasteiger partial charge is 0.130 e. The van der Waals surface area contributed by atoms with Gasteiger partial charge in [0.2, 0.25) is 0 Å². The fourth-order valence-electron chi connectivity index (χ4n) is 2.87. The zero-order chi connectivity index (χ0) is 18.4. The van der Waals surface area contributed by atoms with Crippen molar-refractivity contribution in [2.24, 2.45) is 0 Å². The van der Waals surface area contributed by atoms with Gasteiger partial charge in [-0.3, -0.25) is 0 Å². The predicted octanol–water partition coefficient (Wildman–Crippen LogP) is 6.83. The molecule has 0 atom stereocenters. The maximum atomic E-state index is 5.50. The summed E-state index contributed by atoms with van der Waals surface area (Å²) >= 11 is 12.2. The highest BCUT2D eigenvalue weighted by atomic mass is 79.9. The van der Waals surface area contributed by atoms with Gasteiger partial charge in [0.15, 0.2) is 0 Å². The second-order valence-corrected chi connectivity index (χ2v) is 8.30. The fraction of sp³-hybridized carbons (Fsp3) is 0.200. The van der Waals surface area contributed by atoms with Gasteiger partial charge in [0, 0.05) is 21.3 Å². The minimum Gasteiger partial charge on any atom is -0.361 e. The Bertz CT molecular complexity index is 837. The van der Waals surface area contributed by atoms with Crippen LogP contribution in [0.25, 0.3) is 0 Å². The Labute approximate surface area is 175 Å². The Morgan fingerprint density at radius 2 is 1.54 bits per heavy atom. The number of anilines is 1. The molecule has 26 heavy (non-hydrogen) atoms. The maximum absolute atomic E-state index is 5.50. The van der Waals surface area contributed by atoms with Crippen LogP contribution in [0.3, 0.4) is 0 Å². The summed E-state index contributed by atoms with van der Waals surface area (Å²) in [6.45, 7) is 0. The molecule has 4 rings (SSSR count). The first-order chi connectivity index (χ1) is 12.6. The van der Waals surface area contributed by atoms with Crippen LogP contribution in [-0.2, 0) is 5.54 Å². The Morgan fingerprint density at radius 3 is 2.04 bits per heavy atom. The van der Waals surface area contributed by atoms with Crippen molar-refractivity contribution in [2.75, 3.05) is 5.32 Å². The van der Waals surface area contributed by atoms with Gasteiger partial charge in [0.05, 0.1) is 5.54 Å². The third-order valence-electron chi connectivity index (χ3n) is 4.31. The number of hydrogen-bond donors (Lipinski definition) is 1. The quantitative estimate of drug-likeness (QED) is 0.405. The van der Waals surface area contributed by atoms with E-state index >= 15 is 0 Å². The molecule has 1 saturated carbocycles. The third kappa shape index (κ3) is 5.06. The molecule has 0 bridgehead atoms. The summed E-state index contributed by atoms with van der Waals surface area (Å²) in [5.41, 5.74) is 1.44. The van der Waals surface area contributed by atoms with E-state index in [-0.39, 0.29) is 5.54 Å². The second kappa shape index (κ2) is 8.98. The van der Waals surface area contributed by atoms with Gasteiger partial charge in [-0.1, -0.05) is 73.8 Å². The van der Waals surface area contributed by atoms with E-state index in [0.717, 1.165) is 14.8 Å². The van der Waals surface area contributed by atoms with Crippen LogP contribution in [0.15, 0.2) is 75.9 Å². The van der Waals surface area contributed by atoms with E-state index in [1.54, 1.807) is 12.3 Å². The number of benzene rings is 1. The third-order valence-corrected chi connectivity index (χ3v) is 5.50. The summed E-state index contributed by atoms with van der Waals surface area (Å²) in [5.74, 6) is 0.938. The average Bonchev–Trinajstić information content (AvgIpc) is 2.59. The van der Waals surface area contributed by atoms with Crippen LogP contribution < -0.4 is 5.32 Å². The van der Waals surface area contributed by atoms with Crippen molar-refractivity contribution in [1.29, 1.82) is 0 Å². The fourth-order valence-corrected chi connectivity index (χ4v) is 3.85. The standard InChI is InChI=1S/C15H15BrN2.C5H3BrClN/c16-13-7-10-17-14(11-13)18-15(8-4-9-15)12-5-2-1-3-6-12;6-4-1-2-8-5(7)3-4/h1-3,5-7,10-11H,4,8-9H2,(H,17,18);1-3H. The maximum Gasteiger partial charge on any atom is 0.130 e. The van der Waals surface area contributed by atoms with Crippen molar-refractivity contribution in [3.8, 4) is 0 Å². The molecule has 6 heteroatoms. The van der Waals surface area contributed by atoms with E-state index in [2.05, 4.69) is 77.5 Å². The Hall–Kier alpha value is -1.43. The summed E-state index contributed by atoms with van der Waals surface area (Å²) in [5, 5.41) is 4.12. The molecule has 0 spiro atoms. The molecule has 0 unspecified atom stereocenters. The molecule has 1 N–H and O–H groups in total. The van der Waals surface area contributed by atoms with Crippen LogP contribution in [0.4, 0.5) is 5.82 Å². The van der Waals surface area contributed by atoms with Gasteiger partial charge < -0.3 is 5.32 Å². The van der Waals surface area contributed by atoms with Gasteiger partial charge in [-0.05, 0) is 49.1 Å². The van der Waals surface area contributed by atoms with Gasteiger partial charge in [-0.15, -0.1) is 0 Å². The van der Waals surface area contributed by atoms with Crippen LogP contribution in [0, 0.1) is 0 Å². The van der Waals surface area contributed by atoms with Crippen molar-refractivity contribution in [2.45, 2.75) is 24.8 Å². The molecule has 3 aromatic rings. The SMILES string of the molecule is Brc1ccnc(NC2(c3ccccc3)CCC2)c1.Clc1cc(Br)ccn1. The van der Waals surface area contributed by atoms with Crippen molar-refractivity contribution >= 4 is 49.3 Å². The molecule has 1 aliphatic carbocycles. The molecule has 0 aliphatic heterocycles. The average molecular weight is 496 g/mol. The summed E-state index contributed by atoms with van der Waals surface area (Å²) in [6, 6.07) is 18.2. The number of hydrogen-bond acceptors (Lipinski definition) is 3. The molecular formula is C20H18Br2ClN3. The molecule has 1 aromatic carbocycles. The lowest BCUT2D eigenvalue weighted by atomic mass is 9.72. The number of rotatable bonds is 3. The van der Waals surface area contributed by atoms with Gasteiger partial charge in [0.25, 0.3) is 0 Å². The van der Waals surface area contributed by atoms with Crippen LogP contribution >= 0.6 is 43.5 Å². The van der Waals surface area contributed by atoms with Crippen molar-refractivity contribution in [3.05, 3.63) is 86.7 Å². The molecule has 134 valence electrons. The lowest BCUT2D eigenvalue weighted by molar-refractivity contribution is 0.283. The van der Waals surface area contributed by atoms with Crippen LogP contribution in [-0.4, -0.2) is 9.97 Å². The molecule has 1 aliphatic rings. The molecule has 2 aromatic heterocycles. The molecule has 1 fully saturated rings. The summed E-state index contributed by atoms with van der Waals surface area (Å²) < 4.78 is 2.01. The molecule has 2 heterocycles. The van der Waals surface area contributed by atoms with E-state index < -0.39 is 0 Å². The number of nitrogens with zero attached hydrogens (tertiary/aromatic N) is 2.